The molecule has 3 saturated carbocycles. The van der Waals surface area contributed by atoms with Crippen LogP contribution in [0.4, 0.5) is 4.39 Å². The van der Waals surface area contributed by atoms with Crippen molar-refractivity contribution in [3.05, 3.63) is 34.4 Å². The van der Waals surface area contributed by atoms with Crippen LogP contribution >= 0.6 is 0 Å². The molecule has 2 saturated heterocycles. The summed E-state index contributed by atoms with van der Waals surface area (Å²) in [6.07, 6.45) is 19.1. The Morgan fingerprint density at radius 3 is 2.06 bits per heavy atom. The fourth-order valence-corrected chi connectivity index (χ4v) is 19.2. The molecule has 0 unspecified atom stereocenters. The number of likely N-dealkylation sites (tertiary alicyclic amines) is 2. The van der Waals surface area contributed by atoms with Crippen molar-refractivity contribution in [3.8, 4) is 0 Å². The minimum absolute atomic E-state index is 0.0214. The SMILES string of the molecule is CC(C)C1=C2[C@H]3CC[C@@H]4[C@@]5(C)CC=C(C6=CC[C@](CF)(C(=O)O)CC6)C(C)(C)[C@@H]5CC[C@@]4(C)[C@]3(C)CC[C@@]2(NCC[N+]2(CCN3CCC(S(C)(=O)=O)CC3)CCC(S(C)(=O)=O)CC2)CC1=O. The summed E-state index contributed by atoms with van der Waals surface area (Å²) in [6, 6.07) is 0. The Labute approximate surface area is 397 Å². The number of alkyl halides is 1. The molecular weight excluding hydrogens is 874 g/mol. The third-order valence-corrected chi connectivity index (χ3v) is 24.6. The van der Waals surface area contributed by atoms with Gasteiger partial charge in [-0.2, -0.15) is 0 Å². The van der Waals surface area contributed by atoms with E-state index in [-0.39, 0.29) is 50.0 Å². The standard InChI is InChI=1S/C53H84FN3O7S2/c1-36(2)45-42(58)34-53(55-26-32-57(30-18-39(19-31-57)66(9,63)64)33-29-56-27-16-38(17-28-56)65(8,61)62)25-24-50(6)41(46(45)53)10-11-44-49(5)20-14-40(48(3,4)43(49)15-21-51(44,50)7)37-12-22-52(35-54,23-13-37)47(59)60/h12,14,36,38-39,41,43-44,55H,10-11,13,15-35H2,1-9H3/p+1/t39?,41-,43+,44-,49+,50-,51-,52+,53-,57?/m1/s1. The highest BCUT2D eigenvalue weighted by molar-refractivity contribution is 7.91. The van der Waals surface area contributed by atoms with Crippen molar-refractivity contribution in [2.75, 3.05) is 71.5 Å². The average molecular weight is 959 g/mol. The highest BCUT2D eigenvalue weighted by Gasteiger charge is 2.69. The van der Waals surface area contributed by atoms with Crippen LogP contribution in [0.15, 0.2) is 34.4 Å². The second-order valence-electron chi connectivity index (χ2n) is 25.0. The number of allylic oxidation sites excluding steroid dienone is 5. The zero-order chi connectivity index (χ0) is 48.1. The molecular formula is C53H85FN3O7S2+. The van der Waals surface area contributed by atoms with Crippen LogP contribution in [-0.4, -0.2) is 131 Å². The maximum Gasteiger partial charge on any atom is 0.312 e. The van der Waals surface area contributed by atoms with Crippen LogP contribution in [0.5, 0.6) is 0 Å². The molecule has 10 nitrogen and oxygen atoms in total. The first-order chi connectivity index (χ1) is 30.7. The van der Waals surface area contributed by atoms with Crippen LogP contribution < -0.4 is 5.32 Å². The molecule has 8 atom stereocenters. The van der Waals surface area contributed by atoms with E-state index in [4.69, 9.17) is 0 Å². The fourth-order valence-electron chi connectivity index (χ4n) is 17.0. The van der Waals surface area contributed by atoms with E-state index < -0.39 is 37.7 Å². The van der Waals surface area contributed by atoms with E-state index in [0.29, 0.717) is 68.5 Å². The number of rotatable bonds is 13. The zero-order valence-electron chi connectivity index (χ0n) is 42.1. The van der Waals surface area contributed by atoms with Crippen LogP contribution in [0.25, 0.3) is 0 Å². The summed E-state index contributed by atoms with van der Waals surface area (Å²) in [4.78, 5) is 29.0. The minimum atomic E-state index is -3.13. The molecule has 0 aromatic carbocycles. The number of carboxylic acids is 1. The van der Waals surface area contributed by atoms with Gasteiger partial charge in [0.05, 0.1) is 42.1 Å². The van der Waals surface area contributed by atoms with E-state index in [1.165, 1.54) is 29.2 Å². The number of sulfone groups is 2. The Hall–Kier alpha value is -1.93. The molecule has 0 radical (unpaired) electrons. The molecule has 66 heavy (non-hydrogen) atoms. The molecule has 372 valence electrons. The van der Waals surface area contributed by atoms with Gasteiger partial charge in [-0.3, -0.25) is 14.5 Å². The van der Waals surface area contributed by atoms with Gasteiger partial charge in [0.15, 0.2) is 15.6 Å². The Kier molecular flexibility index (Phi) is 13.3. The van der Waals surface area contributed by atoms with E-state index in [2.05, 4.69) is 70.8 Å². The third-order valence-electron chi connectivity index (χ3n) is 21.2. The van der Waals surface area contributed by atoms with Gasteiger partial charge in [0, 0.05) is 50.4 Å². The van der Waals surface area contributed by atoms with Gasteiger partial charge in [-0.15, -0.1) is 0 Å². The smallest absolute Gasteiger partial charge is 0.312 e. The molecule has 13 heteroatoms. The summed E-state index contributed by atoms with van der Waals surface area (Å²) in [6.45, 7) is 22.8. The van der Waals surface area contributed by atoms with Crippen LogP contribution in [0.1, 0.15) is 145 Å². The summed E-state index contributed by atoms with van der Waals surface area (Å²) in [5.74, 6) is 0.724. The van der Waals surface area contributed by atoms with Gasteiger partial charge in [-0.1, -0.05) is 60.6 Å². The van der Waals surface area contributed by atoms with Crippen molar-refractivity contribution in [2.24, 2.45) is 50.7 Å². The van der Waals surface area contributed by atoms with E-state index >= 15 is 0 Å². The monoisotopic (exact) mass is 959 g/mol. The summed E-state index contributed by atoms with van der Waals surface area (Å²) in [7, 11) is -6.19. The van der Waals surface area contributed by atoms with E-state index in [1.807, 2.05) is 0 Å². The summed E-state index contributed by atoms with van der Waals surface area (Å²) < 4.78 is 65.0. The van der Waals surface area contributed by atoms with Crippen molar-refractivity contribution in [1.29, 1.82) is 0 Å². The number of halogens is 1. The Bertz CT molecular complexity index is 2260. The van der Waals surface area contributed by atoms with Crippen molar-refractivity contribution < 1.29 is 40.4 Å². The normalized spacial score (nSPS) is 41.1. The number of Topliss-reactive ketones (excluding diaryl/α,β-unsaturated/α-hetero) is 1. The first-order valence-electron chi connectivity index (χ1n) is 25.9. The predicted octanol–water partition coefficient (Wildman–Crippen LogP) is 8.53. The van der Waals surface area contributed by atoms with Gasteiger partial charge in [-0.25, -0.2) is 21.2 Å². The molecule has 5 fully saturated rings. The molecule has 6 aliphatic carbocycles. The number of aliphatic carboxylic acids is 1. The molecule has 8 aliphatic rings. The molecule has 0 spiro atoms. The summed E-state index contributed by atoms with van der Waals surface area (Å²) in [5.41, 5.74) is 3.50. The quantitative estimate of drug-likeness (QED) is 0.174. The first-order valence-corrected chi connectivity index (χ1v) is 29.8. The van der Waals surface area contributed by atoms with Crippen LogP contribution in [0, 0.1) is 50.7 Å². The van der Waals surface area contributed by atoms with Crippen molar-refractivity contribution in [3.63, 3.8) is 0 Å². The van der Waals surface area contributed by atoms with Crippen molar-refractivity contribution in [2.45, 2.75) is 161 Å². The van der Waals surface area contributed by atoms with E-state index in [0.717, 1.165) is 107 Å². The van der Waals surface area contributed by atoms with E-state index in [9.17, 15) is 35.9 Å². The van der Waals surface area contributed by atoms with E-state index in [1.54, 1.807) is 0 Å². The van der Waals surface area contributed by atoms with Gasteiger partial charge in [0.1, 0.15) is 16.5 Å². The van der Waals surface area contributed by atoms with Gasteiger partial charge >= 0.3 is 5.97 Å². The summed E-state index contributed by atoms with van der Waals surface area (Å²) >= 11 is 0. The number of carbonyl (C=O) groups is 2. The number of nitrogens with one attached hydrogen (secondary N) is 1. The predicted molar refractivity (Wildman–Crippen MR) is 261 cm³/mol. The lowest BCUT2D eigenvalue weighted by atomic mass is 9.33. The van der Waals surface area contributed by atoms with Crippen LogP contribution in [-0.2, 0) is 29.3 Å². The number of piperidine rings is 2. The second kappa shape index (κ2) is 17.4. The molecule has 8 rings (SSSR count). The number of ketones is 1. The Morgan fingerprint density at radius 1 is 0.833 bits per heavy atom. The number of hydrogen-bond acceptors (Lipinski definition) is 8. The highest BCUT2D eigenvalue weighted by Crippen LogP contribution is 2.76. The molecule has 2 N–H and O–H groups in total. The first kappa shape index (κ1) is 50.5. The summed E-state index contributed by atoms with van der Waals surface area (Å²) in [5, 5.41) is 13.5. The molecule has 2 heterocycles. The number of carboxylic acid groups (broad SMARTS) is 1. The molecule has 2 aliphatic heterocycles. The number of quaternary nitrogens is 1. The molecule has 0 aromatic heterocycles. The van der Waals surface area contributed by atoms with Gasteiger partial charge in [0.2, 0.25) is 0 Å². The maximum absolute atomic E-state index is 14.4. The van der Waals surface area contributed by atoms with Crippen molar-refractivity contribution >= 4 is 31.4 Å². The second-order valence-corrected chi connectivity index (χ2v) is 29.7. The Balaban J connectivity index is 1.02. The topological polar surface area (TPSA) is 138 Å². The molecule has 0 aromatic rings. The lowest BCUT2D eigenvalue weighted by Crippen LogP contribution is -2.66. The highest BCUT2D eigenvalue weighted by atomic mass is 32.2. The molecule has 0 amide bonds. The lowest BCUT2D eigenvalue weighted by molar-refractivity contribution is -0.930. The largest absolute Gasteiger partial charge is 0.481 e. The maximum atomic E-state index is 14.4. The fraction of sp³-hybridized carbons (Fsp3) is 0.849. The van der Waals surface area contributed by atoms with Crippen LogP contribution in [0.3, 0.4) is 0 Å². The number of nitrogens with zero attached hydrogens (tertiary/aromatic N) is 2. The third kappa shape index (κ3) is 8.29. The molecule has 0 bridgehead atoms. The number of hydrogen-bond donors (Lipinski definition) is 2. The van der Waals surface area contributed by atoms with Crippen molar-refractivity contribution in [1.82, 2.24) is 10.2 Å². The number of carbonyl (C=O) groups excluding carboxylic acids is 1. The zero-order valence-corrected chi connectivity index (χ0v) is 43.7. The van der Waals surface area contributed by atoms with Crippen LogP contribution in [0.2, 0.25) is 0 Å². The average Bonchev–Trinajstić information content (AvgIpc) is 3.54. The van der Waals surface area contributed by atoms with Gasteiger partial charge in [-0.05, 0) is 158 Å². The number of fused-ring (bicyclic) bond motifs is 7. The van der Waals surface area contributed by atoms with Gasteiger partial charge in [0.25, 0.3) is 0 Å². The van der Waals surface area contributed by atoms with Gasteiger partial charge < -0.3 is 14.9 Å². The lowest BCUT2D eigenvalue weighted by Gasteiger charge is -2.71. The Morgan fingerprint density at radius 2 is 1.48 bits per heavy atom. The minimum Gasteiger partial charge on any atom is -0.481 e.